The normalized spacial score (nSPS) is 15.7. The molecule has 0 saturated carbocycles. The van der Waals surface area contributed by atoms with Crippen molar-refractivity contribution >= 4 is 23.1 Å². The van der Waals surface area contributed by atoms with Crippen LogP contribution in [0.5, 0.6) is 5.88 Å². The minimum Gasteiger partial charge on any atom is -0.480 e. The molecule has 0 radical (unpaired) electrons. The lowest BCUT2D eigenvalue weighted by molar-refractivity contribution is -0.000493. The molecule has 208 valence electrons. The molecule has 0 unspecified atom stereocenters. The van der Waals surface area contributed by atoms with Gasteiger partial charge in [-0.1, -0.05) is 53.7 Å². The summed E-state index contributed by atoms with van der Waals surface area (Å²) in [6.45, 7) is 6.07. The Bertz CT molecular complexity index is 1500. The largest absolute Gasteiger partial charge is 0.480 e. The minimum atomic E-state index is -0.735. The molecular formula is C29H31N5O6. The second kappa shape index (κ2) is 11.2. The molecule has 2 aromatic heterocycles. The van der Waals surface area contributed by atoms with Crippen molar-refractivity contribution in [3.63, 3.8) is 0 Å². The summed E-state index contributed by atoms with van der Waals surface area (Å²) in [6, 6.07) is 18.1. The molecule has 1 atom stereocenters. The van der Waals surface area contributed by atoms with Gasteiger partial charge in [-0.05, 0) is 38.5 Å². The highest BCUT2D eigenvalue weighted by Crippen LogP contribution is 2.33. The van der Waals surface area contributed by atoms with E-state index in [9.17, 15) is 9.59 Å². The van der Waals surface area contributed by atoms with Crippen LogP contribution in [0.15, 0.2) is 65.2 Å². The van der Waals surface area contributed by atoms with Crippen LogP contribution in [0.2, 0.25) is 0 Å². The van der Waals surface area contributed by atoms with Crippen LogP contribution in [0.25, 0.3) is 22.4 Å². The summed E-state index contributed by atoms with van der Waals surface area (Å²) in [5, 5.41) is 5.07. The average Bonchev–Trinajstić information content (AvgIpc) is 3.44. The number of methoxy groups -OCH3 is 1. The Morgan fingerprint density at radius 2 is 1.75 bits per heavy atom. The fourth-order valence-corrected chi connectivity index (χ4v) is 4.40. The van der Waals surface area contributed by atoms with E-state index >= 15 is 0 Å². The number of rotatable bonds is 5. The van der Waals surface area contributed by atoms with Gasteiger partial charge in [-0.2, -0.15) is 4.98 Å². The average molecular weight is 546 g/mol. The number of aromatic nitrogens is 3. The molecule has 0 N–H and O–H groups in total. The topological polar surface area (TPSA) is 120 Å². The van der Waals surface area contributed by atoms with Gasteiger partial charge in [0.2, 0.25) is 5.88 Å². The molecule has 4 aromatic rings. The van der Waals surface area contributed by atoms with Gasteiger partial charge in [0.1, 0.15) is 23.8 Å². The standard InChI is InChI=1S/C29H31N5O6/c1-29(2,3)39-27(35)33-14-15-34(28(36)38-18-19-10-6-5-7-11-19)23(17-33)24-31-26(40-32-24)21-16-20-12-8-9-13-22(20)30-25(21)37-4/h5-13,16,23H,14-15,17-18H2,1-4H3/t23-/m0/s1. The van der Waals surface area contributed by atoms with E-state index in [0.29, 0.717) is 11.4 Å². The van der Waals surface area contributed by atoms with Gasteiger partial charge in [0, 0.05) is 18.5 Å². The van der Waals surface area contributed by atoms with Crippen molar-refractivity contribution in [1.82, 2.24) is 24.9 Å². The summed E-state index contributed by atoms with van der Waals surface area (Å²) in [7, 11) is 1.52. The van der Waals surface area contributed by atoms with E-state index in [2.05, 4.69) is 15.1 Å². The summed E-state index contributed by atoms with van der Waals surface area (Å²) >= 11 is 0. The maximum atomic E-state index is 13.2. The zero-order valence-electron chi connectivity index (χ0n) is 22.9. The second-order valence-corrected chi connectivity index (χ2v) is 10.4. The van der Waals surface area contributed by atoms with E-state index in [1.807, 2.05) is 60.7 Å². The number of hydrogen-bond donors (Lipinski definition) is 0. The lowest BCUT2D eigenvalue weighted by Crippen LogP contribution is -2.53. The van der Waals surface area contributed by atoms with Crippen molar-refractivity contribution in [1.29, 1.82) is 0 Å². The molecule has 0 aliphatic carbocycles. The van der Waals surface area contributed by atoms with Crippen LogP contribution in [0.1, 0.15) is 38.2 Å². The molecule has 1 aliphatic rings. The van der Waals surface area contributed by atoms with E-state index in [4.69, 9.17) is 18.7 Å². The fraction of sp³-hybridized carbons (Fsp3) is 0.345. The van der Waals surface area contributed by atoms with Crippen LogP contribution in [-0.2, 0) is 16.1 Å². The predicted molar refractivity (Wildman–Crippen MR) is 145 cm³/mol. The number of hydrogen-bond acceptors (Lipinski definition) is 9. The van der Waals surface area contributed by atoms with E-state index in [0.717, 1.165) is 16.5 Å². The van der Waals surface area contributed by atoms with E-state index in [1.165, 1.54) is 16.9 Å². The molecule has 11 heteroatoms. The Balaban J connectivity index is 1.43. The zero-order valence-corrected chi connectivity index (χ0v) is 22.9. The molecule has 0 spiro atoms. The number of ether oxygens (including phenoxy) is 3. The molecule has 2 aromatic carbocycles. The smallest absolute Gasteiger partial charge is 0.410 e. The van der Waals surface area contributed by atoms with Gasteiger partial charge in [0.25, 0.3) is 5.89 Å². The molecule has 1 saturated heterocycles. The van der Waals surface area contributed by atoms with Crippen molar-refractivity contribution in [3.05, 3.63) is 72.1 Å². The molecule has 0 bridgehead atoms. The van der Waals surface area contributed by atoms with Crippen LogP contribution in [0.3, 0.4) is 0 Å². The third-order valence-electron chi connectivity index (χ3n) is 6.32. The SMILES string of the molecule is COc1nc2ccccc2cc1-c1nc([C@@H]2CN(C(=O)OC(C)(C)C)CCN2C(=O)OCc2ccccc2)no1. The maximum absolute atomic E-state index is 13.2. The Kier molecular flexibility index (Phi) is 7.54. The molecular weight excluding hydrogens is 514 g/mol. The summed E-state index contributed by atoms with van der Waals surface area (Å²) in [4.78, 5) is 38.3. The third kappa shape index (κ3) is 5.98. The molecule has 3 heterocycles. The quantitative estimate of drug-likeness (QED) is 0.332. The first kappa shape index (κ1) is 26.9. The summed E-state index contributed by atoms with van der Waals surface area (Å²) < 4.78 is 22.3. The van der Waals surface area contributed by atoms with Crippen LogP contribution < -0.4 is 4.74 Å². The Morgan fingerprint density at radius 1 is 1.00 bits per heavy atom. The van der Waals surface area contributed by atoms with Gasteiger partial charge in [-0.3, -0.25) is 4.90 Å². The predicted octanol–water partition coefficient (Wildman–Crippen LogP) is 5.22. The fourth-order valence-electron chi connectivity index (χ4n) is 4.40. The van der Waals surface area contributed by atoms with Crippen LogP contribution in [0.4, 0.5) is 9.59 Å². The van der Waals surface area contributed by atoms with Gasteiger partial charge >= 0.3 is 12.2 Å². The lowest BCUT2D eigenvalue weighted by Gasteiger charge is -2.39. The molecule has 2 amide bonds. The maximum Gasteiger partial charge on any atom is 0.410 e. The van der Waals surface area contributed by atoms with E-state index in [-0.39, 0.29) is 38.0 Å². The highest BCUT2D eigenvalue weighted by atomic mass is 16.6. The van der Waals surface area contributed by atoms with Crippen molar-refractivity contribution in [2.75, 3.05) is 26.7 Å². The number of piperazine rings is 1. The van der Waals surface area contributed by atoms with Crippen LogP contribution in [0, 0.1) is 0 Å². The van der Waals surface area contributed by atoms with Gasteiger partial charge in [0.15, 0.2) is 5.82 Å². The van der Waals surface area contributed by atoms with Crippen LogP contribution in [-0.4, -0.2) is 69.5 Å². The van der Waals surface area contributed by atoms with E-state index < -0.39 is 23.8 Å². The molecule has 1 aliphatic heterocycles. The van der Waals surface area contributed by atoms with Crippen molar-refractivity contribution in [3.8, 4) is 17.3 Å². The van der Waals surface area contributed by atoms with Crippen molar-refractivity contribution < 1.29 is 28.3 Å². The minimum absolute atomic E-state index is 0.0986. The van der Waals surface area contributed by atoms with Gasteiger partial charge in [-0.25, -0.2) is 14.6 Å². The number of nitrogens with zero attached hydrogens (tertiary/aromatic N) is 5. The number of amides is 2. The molecule has 1 fully saturated rings. The lowest BCUT2D eigenvalue weighted by atomic mass is 10.1. The van der Waals surface area contributed by atoms with Gasteiger partial charge < -0.3 is 23.6 Å². The van der Waals surface area contributed by atoms with E-state index in [1.54, 1.807) is 20.8 Å². The summed E-state index contributed by atoms with van der Waals surface area (Å²) in [6.07, 6.45) is -1.03. The summed E-state index contributed by atoms with van der Waals surface area (Å²) in [5.74, 6) is 0.722. The van der Waals surface area contributed by atoms with Gasteiger partial charge in [0.05, 0.1) is 19.2 Å². The first-order chi connectivity index (χ1) is 19.2. The second-order valence-electron chi connectivity index (χ2n) is 10.4. The number of para-hydroxylation sites is 1. The number of pyridine rings is 1. The number of carbonyl (C=O) groups is 2. The molecule has 11 nitrogen and oxygen atoms in total. The molecule has 5 rings (SSSR count). The van der Waals surface area contributed by atoms with Crippen molar-refractivity contribution in [2.24, 2.45) is 0 Å². The Labute approximate surface area is 231 Å². The monoisotopic (exact) mass is 545 g/mol. The molecule has 40 heavy (non-hydrogen) atoms. The number of benzene rings is 2. The third-order valence-corrected chi connectivity index (χ3v) is 6.32. The Morgan fingerprint density at radius 3 is 2.50 bits per heavy atom. The zero-order chi connectivity index (χ0) is 28.3. The number of fused-ring (bicyclic) bond motifs is 1. The highest BCUT2D eigenvalue weighted by Gasteiger charge is 2.39. The van der Waals surface area contributed by atoms with Crippen LogP contribution >= 0.6 is 0 Å². The Hall–Kier alpha value is -4.67. The number of carbonyl (C=O) groups excluding carboxylic acids is 2. The first-order valence-electron chi connectivity index (χ1n) is 12.9. The van der Waals surface area contributed by atoms with Crippen molar-refractivity contribution in [2.45, 2.75) is 39.0 Å². The summed E-state index contributed by atoms with van der Waals surface area (Å²) in [5.41, 5.74) is 1.46. The van der Waals surface area contributed by atoms with Gasteiger partial charge in [-0.15, -0.1) is 0 Å². The highest BCUT2D eigenvalue weighted by molar-refractivity contribution is 5.84. The first-order valence-corrected chi connectivity index (χ1v) is 12.9.